The number of carboxylic acids is 1. The Bertz CT molecular complexity index is 1900. The monoisotopic (exact) mass is 763 g/mol. The number of aromatic nitrogens is 1. The Morgan fingerprint density at radius 1 is 0.982 bits per heavy atom. The fourth-order valence-electron chi connectivity index (χ4n) is 9.61. The van der Waals surface area contributed by atoms with Gasteiger partial charge in [-0.3, -0.25) is 19.2 Å². The number of Topliss-reactive ketones (excluding diaryl/α,β-unsaturated/α-hetero) is 1. The van der Waals surface area contributed by atoms with E-state index < -0.39 is 29.4 Å². The first-order valence-electron chi connectivity index (χ1n) is 20.8. The highest BCUT2D eigenvalue weighted by Gasteiger charge is 2.60. The molecule has 7 rings (SSSR count). The van der Waals surface area contributed by atoms with Crippen LogP contribution in [0.3, 0.4) is 0 Å². The number of pyridine rings is 1. The molecule has 2 amide bonds. The van der Waals surface area contributed by atoms with Gasteiger partial charge in [-0.1, -0.05) is 87.8 Å². The van der Waals surface area contributed by atoms with E-state index in [1.165, 1.54) is 25.7 Å². The molecule has 2 heterocycles. The number of carbonyl (C=O) groups excluding carboxylic acids is 3. The fourth-order valence-corrected chi connectivity index (χ4v) is 9.61. The van der Waals surface area contributed by atoms with Crippen molar-refractivity contribution in [1.82, 2.24) is 15.2 Å². The largest absolute Gasteiger partial charge is 0.497 e. The van der Waals surface area contributed by atoms with Gasteiger partial charge >= 0.3 is 5.97 Å². The second-order valence-electron chi connectivity index (χ2n) is 16.8. The van der Waals surface area contributed by atoms with Gasteiger partial charge < -0.3 is 24.8 Å². The molecule has 10 nitrogen and oxygen atoms in total. The Balaban J connectivity index is 1.15. The number of carboxylic acid groups (broad SMARTS) is 1. The number of hydrogen-bond donors (Lipinski definition) is 2. The van der Waals surface area contributed by atoms with Crippen LogP contribution in [0.5, 0.6) is 11.5 Å². The van der Waals surface area contributed by atoms with Gasteiger partial charge in [0.05, 0.1) is 36.3 Å². The summed E-state index contributed by atoms with van der Waals surface area (Å²) >= 11 is 0. The average Bonchev–Trinajstić information content (AvgIpc) is 3.79. The molecule has 0 spiro atoms. The highest BCUT2D eigenvalue weighted by molar-refractivity contribution is 5.95. The van der Waals surface area contributed by atoms with E-state index in [2.05, 4.69) is 11.9 Å². The average molecular weight is 764 g/mol. The Morgan fingerprint density at radius 3 is 2.36 bits per heavy atom. The molecule has 56 heavy (non-hydrogen) atoms. The molecule has 2 aromatic carbocycles. The van der Waals surface area contributed by atoms with Crippen molar-refractivity contribution in [1.29, 1.82) is 0 Å². The summed E-state index contributed by atoms with van der Waals surface area (Å²) in [4.78, 5) is 61.7. The van der Waals surface area contributed by atoms with E-state index in [-0.39, 0.29) is 49.3 Å². The number of nitrogens with one attached hydrogen (secondary N) is 1. The highest BCUT2D eigenvalue weighted by Crippen LogP contribution is 2.56. The standard InChI is InChI=1S/C46H57N3O7/c1-3-34-26-46(34,45(53)54)27-41(50)40-24-36(56-42-25-38(32-17-11-6-12-18-32)48-39-23-35(55-2)19-20-37(39)42)29-49(40)43(51)22-33(21-30-13-7-4-8-14-30)44(52)47-28-31-15-9-5-10-16-31/h3,6,11-12,17-20,23,25,30-31,33-34,36,40H,1,4-5,7-10,13-16,21-22,24,26-29H2,2H3,(H,47,52)(H,53,54)/t33-,34?,36-,40+,46-/m1/s1. The summed E-state index contributed by atoms with van der Waals surface area (Å²) < 4.78 is 12.3. The molecule has 1 aromatic heterocycles. The van der Waals surface area contributed by atoms with Crippen molar-refractivity contribution in [3.05, 3.63) is 67.3 Å². The van der Waals surface area contributed by atoms with Crippen LogP contribution in [0.2, 0.25) is 0 Å². The van der Waals surface area contributed by atoms with Crippen LogP contribution in [0.15, 0.2) is 67.3 Å². The Hall–Kier alpha value is -4.73. The van der Waals surface area contributed by atoms with E-state index in [4.69, 9.17) is 14.5 Å². The third kappa shape index (κ3) is 8.95. The zero-order valence-electron chi connectivity index (χ0n) is 32.8. The Labute approximate surface area is 330 Å². The number of allylic oxidation sites excluding steroid dienone is 1. The number of methoxy groups -OCH3 is 1. The Morgan fingerprint density at radius 2 is 1.70 bits per heavy atom. The molecule has 1 aliphatic heterocycles. The molecule has 1 saturated heterocycles. The summed E-state index contributed by atoms with van der Waals surface area (Å²) in [7, 11) is 1.61. The van der Waals surface area contributed by atoms with Gasteiger partial charge in [-0.15, -0.1) is 6.58 Å². The van der Waals surface area contributed by atoms with Gasteiger partial charge in [0, 0.05) is 54.8 Å². The highest BCUT2D eigenvalue weighted by atomic mass is 16.5. The minimum absolute atomic E-state index is 0.000998. The third-order valence-electron chi connectivity index (χ3n) is 13.1. The van der Waals surface area contributed by atoms with Crippen molar-refractivity contribution in [2.45, 2.75) is 108 Å². The molecule has 3 aromatic rings. The predicted octanol–water partition coefficient (Wildman–Crippen LogP) is 8.17. The van der Waals surface area contributed by atoms with E-state index in [1.54, 1.807) is 18.1 Å². The summed E-state index contributed by atoms with van der Waals surface area (Å²) in [5, 5.41) is 14.2. The van der Waals surface area contributed by atoms with E-state index >= 15 is 0 Å². The molecule has 5 atom stereocenters. The number of nitrogens with zero attached hydrogens (tertiary/aromatic N) is 2. The molecule has 2 N–H and O–H groups in total. The molecule has 298 valence electrons. The number of fused-ring (bicyclic) bond motifs is 1. The molecule has 3 aliphatic carbocycles. The number of carbonyl (C=O) groups is 4. The minimum Gasteiger partial charge on any atom is -0.497 e. The van der Waals surface area contributed by atoms with Crippen LogP contribution >= 0.6 is 0 Å². The number of benzene rings is 2. The lowest BCUT2D eigenvalue weighted by Crippen LogP contribution is -2.44. The first kappa shape index (κ1) is 39.5. The third-order valence-corrected chi connectivity index (χ3v) is 13.1. The van der Waals surface area contributed by atoms with Gasteiger partial charge in [-0.05, 0) is 55.6 Å². The van der Waals surface area contributed by atoms with Crippen LogP contribution in [0, 0.1) is 29.1 Å². The fraction of sp³-hybridized carbons (Fsp3) is 0.543. The van der Waals surface area contributed by atoms with Crippen LogP contribution in [0.4, 0.5) is 0 Å². The van der Waals surface area contributed by atoms with Crippen LogP contribution in [0.1, 0.15) is 96.3 Å². The second-order valence-corrected chi connectivity index (χ2v) is 16.8. The van der Waals surface area contributed by atoms with Gasteiger partial charge in [0.25, 0.3) is 0 Å². The SMILES string of the molecule is C=CC1C[C@]1(CC(=O)[C@@H]1C[C@@H](Oc2cc(-c3ccccc3)nc3cc(OC)ccc23)CN1C(=O)C[C@@H](CC1CCCCC1)C(=O)NCC1CCCCC1)C(=O)O. The molecule has 1 unspecified atom stereocenters. The summed E-state index contributed by atoms with van der Waals surface area (Å²) in [5.41, 5.74) is 1.08. The molecular weight excluding hydrogens is 707 g/mol. The van der Waals surface area contributed by atoms with Gasteiger partial charge in [0.15, 0.2) is 5.78 Å². The van der Waals surface area contributed by atoms with Crippen LogP contribution < -0.4 is 14.8 Å². The first-order valence-corrected chi connectivity index (χ1v) is 20.8. The molecule has 10 heteroatoms. The maximum absolute atomic E-state index is 14.6. The van der Waals surface area contributed by atoms with E-state index in [0.29, 0.717) is 53.9 Å². The number of aliphatic carboxylic acids is 1. The number of likely N-dealkylation sites (tertiary alicyclic amines) is 1. The van der Waals surface area contributed by atoms with Crippen molar-refractivity contribution < 1.29 is 33.8 Å². The van der Waals surface area contributed by atoms with Gasteiger partial charge in [-0.2, -0.15) is 0 Å². The molecule has 4 fully saturated rings. The summed E-state index contributed by atoms with van der Waals surface area (Å²) in [6.45, 7) is 4.58. The molecule has 0 radical (unpaired) electrons. The van der Waals surface area contributed by atoms with Crippen LogP contribution in [0.25, 0.3) is 22.2 Å². The maximum atomic E-state index is 14.6. The number of amides is 2. The van der Waals surface area contributed by atoms with Gasteiger partial charge in [0.2, 0.25) is 11.8 Å². The van der Waals surface area contributed by atoms with E-state index in [9.17, 15) is 24.3 Å². The first-order chi connectivity index (χ1) is 27.2. The second kappa shape index (κ2) is 17.6. The van der Waals surface area contributed by atoms with E-state index in [1.807, 2.05) is 54.6 Å². The number of ketones is 1. The van der Waals surface area contributed by atoms with Gasteiger partial charge in [-0.25, -0.2) is 4.98 Å². The summed E-state index contributed by atoms with van der Waals surface area (Å²) in [6, 6.07) is 16.4. The quantitative estimate of drug-likeness (QED) is 0.140. The normalized spacial score (nSPS) is 24.7. The molecule has 0 bridgehead atoms. The van der Waals surface area contributed by atoms with Crippen molar-refractivity contribution >= 4 is 34.5 Å². The smallest absolute Gasteiger partial charge is 0.310 e. The summed E-state index contributed by atoms with van der Waals surface area (Å²) in [5.74, 6) is -0.394. The molecule has 3 saturated carbocycles. The lowest BCUT2D eigenvalue weighted by molar-refractivity contribution is -0.147. The summed E-state index contributed by atoms with van der Waals surface area (Å²) in [6.07, 6.45) is 13.5. The van der Waals surface area contributed by atoms with Crippen LogP contribution in [-0.4, -0.2) is 70.9 Å². The number of ether oxygens (including phenoxy) is 2. The van der Waals surface area contributed by atoms with Crippen molar-refractivity contribution in [2.75, 3.05) is 20.2 Å². The maximum Gasteiger partial charge on any atom is 0.310 e. The number of rotatable bonds is 16. The zero-order chi connectivity index (χ0) is 39.2. The molecule has 4 aliphatic rings. The van der Waals surface area contributed by atoms with E-state index in [0.717, 1.165) is 49.5 Å². The lowest BCUT2D eigenvalue weighted by atomic mass is 9.81. The topological polar surface area (TPSA) is 135 Å². The zero-order valence-corrected chi connectivity index (χ0v) is 32.8. The van der Waals surface area contributed by atoms with Crippen molar-refractivity contribution in [2.24, 2.45) is 29.1 Å². The minimum atomic E-state index is -1.21. The van der Waals surface area contributed by atoms with Crippen molar-refractivity contribution in [3.8, 4) is 22.8 Å². The Kier molecular flexibility index (Phi) is 12.4. The number of hydrogen-bond acceptors (Lipinski definition) is 7. The van der Waals surface area contributed by atoms with Crippen LogP contribution in [-0.2, 0) is 19.2 Å². The van der Waals surface area contributed by atoms with Crippen molar-refractivity contribution in [3.63, 3.8) is 0 Å². The lowest BCUT2D eigenvalue weighted by Gasteiger charge is -2.29. The molecular formula is C46H57N3O7. The van der Waals surface area contributed by atoms with Gasteiger partial charge in [0.1, 0.15) is 17.6 Å². The predicted molar refractivity (Wildman–Crippen MR) is 215 cm³/mol.